The fraction of sp³-hybridized carbons (Fsp3) is 0.526. The summed E-state index contributed by atoms with van der Waals surface area (Å²) in [6.07, 6.45) is 8.66. The number of hydrogen-bond donors (Lipinski definition) is 3. The maximum absolute atomic E-state index is 11.7. The maximum atomic E-state index is 11.7. The summed E-state index contributed by atoms with van der Waals surface area (Å²) in [5.41, 5.74) is 2.35. The minimum Gasteiger partial charge on any atom is -0.392 e. The Morgan fingerprint density at radius 2 is 1.91 bits per heavy atom. The normalized spacial score (nSPS) is 11.8. The van der Waals surface area contributed by atoms with Crippen LogP contribution < -0.4 is 5.32 Å². The number of thiol groups is 1. The van der Waals surface area contributed by atoms with Crippen molar-refractivity contribution in [3.05, 3.63) is 47.5 Å². The molecular weight excluding hydrogens is 306 g/mol. The lowest BCUT2D eigenvalue weighted by molar-refractivity contribution is 0.0953. The molecule has 0 radical (unpaired) electrons. The van der Waals surface area contributed by atoms with Crippen LogP contribution >= 0.6 is 12.6 Å². The van der Waals surface area contributed by atoms with Gasteiger partial charge in [-0.25, -0.2) is 0 Å². The molecule has 0 unspecified atom stereocenters. The van der Waals surface area contributed by atoms with Crippen LogP contribution in [0.25, 0.3) is 0 Å². The molecule has 1 aromatic rings. The molecule has 3 nitrogen and oxygen atoms in total. The quantitative estimate of drug-likeness (QED) is 0.554. The minimum absolute atomic E-state index is 0.0334. The van der Waals surface area contributed by atoms with Gasteiger partial charge in [0, 0.05) is 17.9 Å². The van der Waals surface area contributed by atoms with Gasteiger partial charge in [0.2, 0.25) is 0 Å². The summed E-state index contributed by atoms with van der Waals surface area (Å²) < 4.78 is 0. The van der Waals surface area contributed by atoms with Crippen molar-refractivity contribution in [3.63, 3.8) is 0 Å². The van der Waals surface area contributed by atoms with Crippen molar-refractivity contribution in [1.29, 1.82) is 0 Å². The van der Waals surface area contributed by atoms with Gasteiger partial charge in [-0.05, 0) is 30.5 Å². The Hall–Kier alpha value is -1.26. The second kappa shape index (κ2) is 14.3. The summed E-state index contributed by atoms with van der Waals surface area (Å²) in [6.45, 7) is 7.95. The Balaban J connectivity index is 0.000000494. The van der Waals surface area contributed by atoms with Crippen LogP contribution in [-0.4, -0.2) is 23.3 Å². The van der Waals surface area contributed by atoms with Crippen LogP contribution in [-0.2, 0) is 6.61 Å². The fourth-order valence-electron chi connectivity index (χ4n) is 1.60. The predicted octanol–water partition coefficient (Wildman–Crippen LogP) is 4.29. The number of benzene rings is 1. The second-order valence-electron chi connectivity index (χ2n) is 5.45. The molecule has 0 spiro atoms. The van der Waals surface area contributed by atoms with E-state index in [4.69, 9.17) is 5.11 Å². The molecular formula is C19H31NO2S. The number of rotatable bonds is 5. The van der Waals surface area contributed by atoms with E-state index in [-0.39, 0.29) is 12.5 Å². The number of aryl methyl sites for hydroxylation is 1. The van der Waals surface area contributed by atoms with Gasteiger partial charge < -0.3 is 10.4 Å². The van der Waals surface area contributed by atoms with Crippen molar-refractivity contribution in [1.82, 2.24) is 5.32 Å². The Morgan fingerprint density at radius 1 is 1.35 bits per heavy atom. The molecule has 2 rings (SSSR count). The number of nitrogens with one attached hydrogen (secondary N) is 1. The molecule has 0 aromatic heterocycles. The number of carbonyl (C=O) groups excluding carboxylic acids is 1. The van der Waals surface area contributed by atoms with Gasteiger partial charge >= 0.3 is 0 Å². The number of amides is 1. The fourth-order valence-corrected chi connectivity index (χ4v) is 1.60. The van der Waals surface area contributed by atoms with Crippen LogP contribution in [0.15, 0.2) is 30.9 Å². The van der Waals surface area contributed by atoms with E-state index in [2.05, 4.69) is 24.5 Å². The molecule has 2 N–H and O–H groups in total. The van der Waals surface area contributed by atoms with E-state index in [1.54, 1.807) is 12.1 Å². The summed E-state index contributed by atoms with van der Waals surface area (Å²) in [5.74, 6) is 0.713. The SMILES string of the molecule is C1CCC1.C=CCS.CCCNC(=O)c1cc(CO)ccc1C. The van der Waals surface area contributed by atoms with Crippen molar-refractivity contribution in [3.8, 4) is 0 Å². The lowest BCUT2D eigenvalue weighted by Crippen LogP contribution is -2.24. The Bertz CT molecular complexity index is 453. The largest absolute Gasteiger partial charge is 0.392 e. The molecule has 130 valence electrons. The summed E-state index contributed by atoms with van der Waals surface area (Å²) in [5, 5.41) is 11.8. The molecule has 1 amide bonds. The summed E-state index contributed by atoms with van der Waals surface area (Å²) >= 11 is 3.80. The number of aliphatic hydroxyl groups excluding tert-OH is 1. The molecule has 0 bridgehead atoms. The molecule has 1 fully saturated rings. The van der Waals surface area contributed by atoms with Crippen molar-refractivity contribution in [2.45, 2.75) is 52.6 Å². The molecule has 23 heavy (non-hydrogen) atoms. The lowest BCUT2D eigenvalue weighted by atomic mass is 10.0. The lowest BCUT2D eigenvalue weighted by Gasteiger charge is -2.08. The van der Waals surface area contributed by atoms with Gasteiger partial charge in [0.1, 0.15) is 0 Å². The molecule has 1 saturated carbocycles. The Kier molecular flexibility index (Phi) is 13.6. The van der Waals surface area contributed by atoms with Crippen molar-refractivity contribution in [2.75, 3.05) is 12.3 Å². The van der Waals surface area contributed by atoms with Crippen LogP contribution in [0.1, 0.15) is 60.5 Å². The van der Waals surface area contributed by atoms with Crippen molar-refractivity contribution >= 4 is 18.5 Å². The minimum atomic E-state index is -0.0651. The maximum Gasteiger partial charge on any atom is 0.251 e. The first kappa shape index (κ1) is 21.7. The zero-order chi connectivity index (χ0) is 17.5. The van der Waals surface area contributed by atoms with Crippen LogP contribution in [0.3, 0.4) is 0 Å². The first-order valence-electron chi connectivity index (χ1n) is 8.31. The third-order valence-electron chi connectivity index (χ3n) is 3.39. The van der Waals surface area contributed by atoms with E-state index in [9.17, 15) is 4.79 Å². The molecule has 1 aliphatic carbocycles. The topological polar surface area (TPSA) is 49.3 Å². The van der Waals surface area contributed by atoms with E-state index in [1.165, 1.54) is 25.7 Å². The van der Waals surface area contributed by atoms with E-state index in [0.717, 1.165) is 23.3 Å². The number of aliphatic hydroxyl groups is 1. The highest BCUT2D eigenvalue weighted by atomic mass is 32.1. The average molecular weight is 338 g/mol. The first-order valence-corrected chi connectivity index (χ1v) is 8.94. The van der Waals surface area contributed by atoms with Crippen molar-refractivity contribution in [2.24, 2.45) is 0 Å². The first-order chi connectivity index (χ1) is 11.1. The highest BCUT2D eigenvalue weighted by molar-refractivity contribution is 7.80. The van der Waals surface area contributed by atoms with Gasteiger partial charge in [0.15, 0.2) is 0 Å². The smallest absolute Gasteiger partial charge is 0.251 e. The predicted molar refractivity (Wildman–Crippen MR) is 102 cm³/mol. The van der Waals surface area contributed by atoms with E-state index >= 15 is 0 Å². The molecule has 0 atom stereocenters. The third-order valence-corrected chi connectivity index (χ3v) is 3.65. The molecule has 4 heteroatoms. The molecule has 1 aliphatic rings. The summed E-state index contributed by atoms with van der Waals surface area (Å²) in [7, 11) is 0. The van der Waals surface area contributed by atoms with Crippen LogP contribution in [0.5, 0.6) is 0 Å². The van der Waals surface area contributed by atoms with E-state index in [0.29, 0.717) is 12.1 Å². The summed E-state index contributed by atoms with van der Waals surface area (Å²) in [6, 6.07) is 5.42. The number of carbonyl (C=O) groups is 1. The highest BCUT2D eigenvalue weighted by Gasteiger charge is 2.08. The standard InChI is InChI=1S/C12H17NO2.C4H8.C3H6S/c1-3-6-13-12(15)11-7-10(8-14)5-4-9(11)2;1-2-4-3-1;1-2-3-4/h4-5,7,14H,3,6,8H2,1-2H3,(H,13,15);1-4H2;2,4H,1,3H2. The van der Waals surface area contributed by atoms with Gasteiger partial charge in [-0.1, -0.05) is 50.8 Å². The monoisotopic (exact) mass is 337 g/mol. The van der Waals surface area contributed by atoms with Crippen molar-refractivity contribution < 1.29 is 9.90 Å². The van der Waals surface area contributed by atoms with Gasteiger partial charge in [0.25, 0.3) is 5.91 Å². The van der Waals surface area contributed by atoms with Gasteiger partial charge in [0.05, 0.1) is 6.61 Å². The number of hydrogen-bond acceptors (Lipinski definition) is 3. The summed E-state index contributed by atoms with van der Waals surface area (Å²) in [4.78, 5) is 11.7. The molecule has 1 aromatic carbocycles. The average Bonchev–Trinajstić information content (AvgIpc) is 2.51. The molecule has 0 heterocycles. The van der Waals surface area contributed by atoms with Gasteiger partial charge in [-0.15, -0.1) is 6.58 Å². The zero-order valence-electron chi connectivity index (χ0n) is 14.5. The zero-order valence-corrected chi connectivity index (χ0v) is 15.4. The van der Waals surface area contributed by atoms with E-state index in [1.807, 2.05) is 26.0 Å². The van der Waals surface area contributed by atoms with Crippen LogP contribution in [0, 0.1) is 6.92 Å². The Morgan fingerprint density at radius 3 is 2.30 bits per heavy atom. The molecule has 0 saturated heterocycles. The van der Waals surface area contributed by atoms with Crippen LogP contribution in [0.2, 0.25) is 0 Å². The second-order valence-corrected chi connectivity index (χ2v) is 5.81. The van der Waals surface area contributed by atoms with E-state index < -0.39 is 0 Å². The Labute approximate surface area is 146 Å². The van der Waals surface area contributed by atoms with Gasteiger partial charge in [-0.3, -0.25) is 4.79 Å². The van der Waals surface area contributed by atoms with Gasteiger partial charge in [-0.2, -0.15) is 12.6 Å². The highest BCUT2D eigenvalue weighted by Crippen LogP contribution is 2.15. The van der Waals surface area contributed by atoms with Crippen LogP contribution in [0.4, 0.5) is 0 Å². The third kappa shape index (κ3) is 10.2. The molecule has 0 aliphatic heterocycles.